The van der Waals surface area contributed by atoms with Gasteiger partial charge in [0.2, 0.25) is 0 Å². The van der Waals surface area contributed by atoms with Crippen LogP contribution in [0.5, 0.6) is 0 Å². The van der Waals surface area contributed by atoms with Crippen LogP contribution >= 0.6 is 0 Å². The highest BCUT2D eigenvalue weighted by molar-refractivity contribution is 5.11. The fraction of sp³-hybridized carbons (Fsp3) is 0.882. The Morgan fingerprint density at radius 3 is 2.53 bits per heavy atom. The molecule has 0 radical (unpaired) electrons. The van der Waals surface area contributed by atoms with Gasteiger partial charge in [-0.1, -0.05) is 32.1 Å². The molecule has 1 saturated heterocycles. The molecule has 1 heterocycles. The SMILES string of the molecule is C#CC(C)(C)N1CC(C2CCCCC2)NCC1CC. The highest BCUT2D eigenvalue weighted by Gasteiger charge is 2.38. The normalized spacial score (nSPS) is 31.1. The van der Waals surface area contributed by atoms with Crippen molar-refractivity contribution in [3.05, 3.63) is 0 Å². The number of terminal acetylenes is 1. The van der Waals surface area contributed by atoms with E-state index in [0.717, 1.165) is 19.0 Å². The van der Waals surface area contributed by atoms with Gasteiger partial charge in [0.25, 0.3) is 0 Å². The largest absolute Gasteiger partial charge is 0.311 e. The summed E-state index contributed by atoms with van der Waals surface area (Å²) in [6.45, 7) is 8.88. The van der Waals surface area contributed by atoms with Crippen molar-refractivity contribution in [2.24, 2.45) is 5.92 Å². The second kappa shape index (κ2) is 6.29. The number of piperazine rings is 1. The van der Waals surface area contributed by atoms with Crippen LogP contribution in [0.3, 0.4) is 0 Å². The molecule has 2 rings (SSSR count). The van der Waals surface area contributed by atoms with E-state index in [4.69, 9.17) is 6.42 Å². The zero-order valence-corrected chi connectivity index (χ0v) is 12.9. The number of hydrogen-bond acceptors (Lipinski definition) is 2. The molecule has 19 heavy (non-hydrogen) atoms. The van der Waals surface area contributed by atoms with Crippen molar-refractivity contribution in [3.63, 3.8) is 0 Å². The summed E-state index contributed by atoms with van der Waals surface area (Å²) in [5.41, 5.74) is -0.115. The van der Waals surface area contributed by atoms with E-state index in [1.807, 2.05) is 0 Å². The third-order valence-electron chi connectivity index (χ3n) is 5.21. The molecule has 108 valence electrons. The molecule has 0 bridgehead atoms. The van der Waals surface area contributed by atoms with E-state index in [1.165, 1.54) is 38.5 Å². The summed E-state index contributed by atoms with van der Waals surface area (Å²) >= 11 is 0. The van der Waals surface area contributed by atoms with E-state index in [1.54, 1.807) is 0 Å². The molecule has 1 N–H and O–H groups in total. The van der Waals surface area contributed by atoms with Crippen molar-refractivity contribution in [2.75, 3.05) is 13.1 Å². The van der Waals surface area contributed by atoms with Crippen molar-refractivity contribution < 1.29 is 0 Å². The molecule has 2 atom stereocenters. The first kappa shape index (κ1) is 14.9. The monoisotopic (exact) mass is 262 g/mol. The lowest BCUT2D eigenvalue weighted by Gasteiger charge is -2.49. The molecule has 0 aromatic carbocycles. The average molecular weight is 262 g/mol. The third kappa shape index (κ3) is 3.33. The predicted molar refractivity (Wildman–Crippen MR) is 82.1 cm³/mol. The smallest absolute Gasteiger partial charge is 0.0769 e. The Hall–Kier alpha value is -0.520. The lowest BCUT2D eigenvalue weighted by molar-refractivity contribution is 0.0406. The van der Waals surface area contributed by atoms with E-state index in [2.05, 4.69) is 36.9 Å². The van der Waals surface area contributed by atoms with E-state index in [-0.39, 0.29) is 5.54 Å². The molecule has 2 aliphatic rings. The highest BCUT2D eigenvalue weighted by atomic mass is 15.3. The summed E-state index contributed by atoms with van der Waals surface area (Å²) in [4.78, 5) is 2.57. The molecule has 0 amide bonds. The number of nitrogens with zero attached hydrogens (tertiary/aromatic N) is 1. The Bertz CT molecular complexity index is 323. The van der Waals surface area contributed by atoms with Crippen molar-refractivity contribution in [3.8, 4) is 12.3 Å². The van der Waals surface area contributed by atoms with Crippen molar-refractivity contribution in [1.82, 2.24) is 10.2 Å². The maximum atomic E-state index is 5.77. The van der Waals surface area contributed by atoms with Crippen LogP contribution in [0, 0.1) is 18.3 Å². The highest BCUT2D eigenvalue weighted by Crippen LogP contribution is 2.30. The molecule has 0 aromatic heterocycles. The summed E-state index contributed by atoms with van der Waals surface area (Å²) in [5, 5.41) is 3.81. The Labute approximate surface area is 119 Å². The number of nitrogens with one attached hydrogen (secondary N) is 1. The summed E-state index contributed by atoms with van der Waals surface area (Å²) in [6.07, 6.45) is 14.0. The lowest BCUT2D eigenvalue weighted by Crippen LogP contribution is -2.63. The zero-order valence-electron chi connectivity index (χ0n) is 12.9. The van der Waals surface area contributed by atoms with E-state index >= 15 is 0 Å². The Morgan fingerprint density at radius 2 is 1.95 bits per heavy atom. The molecule has 2 heteroatoms. The van der Waals surface area contributed by atoms with Crippen LogP contribution in [-0.2, 0) is 0 Å². The molecule has 0 spiro atoms. The number of hydrogen-bond donors (Lipinski definition) is 1. The molecule has 0 aromatic rings. The number of rotatable bonds is 3. The minimum absolute atomic E-state index is 0.115. The molecular formula is C17H30N2. The van der Waals surface area contributed by atoms with Crippen LogP contribution < -0.4 is 5.32 Å². The van der Waals surface area contributed by atoms with E-state index in [9.17, 15) is 0 Å². The van der Waals surface area contributed by atoms with Crippen LogP contribution in [0.2, 0.25) is 0 Å². The minimum Gasteiger partial charge on any atom is -0.311 e. The molecule has 1 saturated carbocycles. The van der Waals surface area contributed by atoms with E-state index < -0.39 is 0 Å². The van der Waals surface area contributed by atoms with Crippen molar-refractivity contribution in [2.45, 2.75) is 76.9 Å². The standard InChI is InChI=1S/C17H30N2/c1-5-15-12-18-16(14-10-8-7-9-11-14)13-19(15)17(3,4)6-2/h2,14-16,18H,5,7-13H2,1,3-4H3. The van der Waals surface area contributed by atoms with Gasteiger partial charge in [-0.15, -0.1) is 6.42 Å². The van der Waals surface area contributed by atoms with Gasteiger partial charge in [-0.2, -0.15) is 0 Å². The summed E-state index contributed by atoms with van der Waals surface area (Å²) in [7, 11) is 0. The van der Waals surface area contributed by atoms with E-state index in [0.29, 0.717) is 12.1 Å². The second-order valence-electron chi connectivity index (χ2n) is 6.83. The van der Waals surface area contributed by atoms with Gasteiger partial charge in [-0.25, -0.2) is 0 Å². The predicted octanol–water partition coefficient (Wildman–Crippen LogP) is 3.03. The van der Waals surface area contributed by atoms with Crippen LogP contribution in [0.15, 0.2) is 0 Å². The van der Waals surface area contributed by atoms with Gasteiger partial charge in [0.1, 0.15) is 0 Å². The second-order valence-corrected chi connectivity index (χ2v) is 6.83. The minimum atomic E-state index is -0.115. The molecule has 1 aliphatic carbocycles. The molecule has 1 aliphatic heterocycles. The maximum Gasteiger partial charge on any atom is 0.0769 e. The Morgan fingerprint density at radius 1 is 1.26 bits per heavy atom. The van der Waals surface area contributed by atoms with Gasteiger partial charge in [0, 0.05) is 25.2 Å². The first-order valence-electron chi connectivity index (χ1n) is 8.06. The van der Waals surface area contributed by atoms with Crippen LogP contribution in [0.1, 0.15) is 59.3 Å². The van der Waals surface area contributed by atoms with Crippen LogP contribution in [-0.4, -0.2) is 35.6 Å². The lowest BCUT2D eigenvalue weighted by atomic mass is 9.81. The van der Waals surface area contributed by atoms with Crippen molar-refractivity contribution >= 4 is 0 Å². The van der Waals surface area contributed by atoms with Crippen LogP contribution in [0.25, 0.3) is 0 Å². The topological polar surface area (TPSA) is 15.3 Å². The fourth-order valence-electron chi connectivity index (χ4n) is 3.81. The van der Waals surface area contributed by atoms with Gasteiger partial charge >= 0.3 is 0 Å². The zero-order chi connectivity index (χ0) is 13.9. The molecule has 2 fully saturated rings. The van der Waals surface area contributed by atoms with Gasteiger partial charge in [-0.05, 0) is 39.0 Å². The van der Waals surface area contributed by atoms with Crippen LogP contribution in [0.4, 0.5) is 0 Å². The molecule has 2 unspecified atom stereocenters. The summed E-state index contributed by atoms with van der Waals surface area (Å²) in [6, 6.07) is 1.24. The fourth-order valence-corrected chi connectivity index (χ4v) is 3.81. The quantitative estimate of drug-likeness (QED) is 0.787. The Kier molecular flexibility index (Phi) is 4.92. The summed E-state index contributed by atoms with van der Waals surface area (Å²) in [5.74, 6) is 3.86. The Balaban J connectivity index is 2.05. The average Bonchev–Trinajstić information content (AvgIpc) is 2.47. The maximum absolute atomic E-state index is 5.77. The van der Waals surface area contributed by atoms with Gasteiger partial charge in [-0.3, -0.25) is 4.90 Å². The first-order chi connectivity index (χ1) is 9.08. The third-order valence-corrected chi connectivity index (χ3v) is 5.21. The van der Waals surface area contributed by atoms with Gasteiger partial charge in [0.05, 0.1) is 5.54 Å². The molecular weight excluding hydrogens is 232 g/mol. The molecule has 2 nitrogen and oxygen atoms in total. The first-order valence-corrected chi connectivity index (χ1v) is 8.06. The van der Waals surface area contributed by atoms with Gasteiger partial charge < -0.3 is 5.32 Å². The van der Waals surface area contributed by atoms with Gasteiger partial charge in [0.15, 0.2) is 0 Å². The van der Waals surface area contributed by atoms with Crippen molar-refractivity contribution in [1.29, 1.82) is 0 Å². The summed E-state index contributed by atoms with van der Waals surface area (Å²) < 4.78 is 0.